The molecule has 1 rings (SSSR count). The summed E-state index contributed by atoms with van der Waals surface area (Å²) in [6.45, 7) is 3.96. The molecule has 0 saturated carbocycles. The lowest BCUT2D eigenvalue weighted by molar-refractivity contribution is -0.301. The fraction of sp³-hybridized carbons (Fsp3) is 0.807. The lowest BCUT2D eigenvalue weighted by Gasteiger charge is -2.41. The Morgan fingerprint density at radius 3 is 1.40 bits per heavy atom. The molecule has 1 fully saturated rings. The molecule has 0 aliphatic carbocycles. The van der Waals surface area contributed by atoms with Crippen LogP contribution in [0.3, 0.4) is 0 Å². The highest BCUT2D eigenvalue weighted by Gasteiger charge is 2.48. The quantitative estimate of drug-likeness (QED) is 0.0196. The van der Waals surface area contributed by atoms with E-state index in [0.29, 0.717) is 13.0 Å². The zero-order chi connectivity index (χ0) is 51.0. The molecule has 0 radical (unpaired) electrons. The van der Waals surface area contributed by atoms with Crippen molar-refractivity contribution in [1.82, 2.24) is 0 Å². The van der Waals surface area contributed by atoms with Gasteiger partial charge in [-0.1, -0.05) is 203 Å². The topological polar surface area (TPSA) is 178 Å². The SMILES string of the molecule is CCCCC/C=C\C/C=C\CCCCCCCCCCOCC(COC1OC(CO)C(O)C(OS(=O)(=O)O)C1O)OC(=O)CCCCCCCCCCCC/C=C\C/C=C\C/C=C\CCCCCCC. The fourth-order valence-corrected chi connectivity index (χ4v) is 8.87. The molecule has 0 bridgehead atoms. The Labute approximate surface area is 427 Å². The molecular formula is C57H102O12S. The molecular weight excluding hydrogens is 909 g/mol. The van der Waals surface area contributed by atoms with Crippen LogP contribution in [0.25, 0.3) is 0 Å². The highest BCUT2D eigenvalue weighted by molar-refractivity contribution is 7.80. The Hall–Kier alpha value is -2.20. The number of allylic oxidation sites excluding steroid dienone is 10. The number of carbonyl (C=O) groups is 1. The third-order valence-corrected chi connectivity index (χ3v) is 13.1. The summed E-state index contributed by atoms with van der Waals surface area (Å²) in [6.07, 6.45) is 52.5. The van der Waals surface area contributed by atoms with Crippen molar-refractivity contribution in [3.63, 3.8) is 0 Å². The zero-order valence-corrected chi connectivity index (χ0v) is 44.9. The van der Waals surface area contributed by atoms with Crippen molar-refractivity contribution < 1.29 is 56.2 Å². The predicted molar refractivity (Wildman–Crippen MR) is 285 cm³/mol. The molecule has 0 spiro atoms. The van der Waals surface area contributed by atoms with Crippen LogP contribution in [-0.2, 0) is 38.3 Å². The molecule has 0 aromatic rings. The maximum Gasteiger partial charge on any atom is 0.397 e. The van der Waals surface area contributed by atoms with Crippen LogP contribution < -0.4 is 0 Å². The van der Waals surface area contributed by atoms with Crippen molar-refractivity contribution in [2.45, 2.75) is 269 Å². The Kier molecular flexibility index (Phi) is 44.9. The van der Waals surface area contributed by atoms with Crippen molar-refractivity contribution in [3.8, 4) is 0 Å². The van der Waals surface area contributed by atoms with Gasteiger partial charge < -0.3 is 34.3 Å². The van der Waals surface area contributed by atoms with Gasteiger partial charge in [0.25, 0.3) is 0 Å². The van der Waals surface area contributed by atoms with E-state index in [9.17, 15) is 33.1 Å². The molecule has 6 atom stereocenters. The van der Waals surface area contributed by atoms with Gasteiger partial charge in [0.05, 0.1) is 19.8 Å². The largest absolute Gasteiger partial charge is 0.457 e. The number of rotatable bonds is 49. The first kappa shape index (κ1) is 65.8. The molecule has 4 N–H and O–H groups in total. The minimum atomic E-state index is -5.07. The van der Waals surface area contributed by atoms with E-state index in [0.717, 1.165) is 70.6 Å². The number of unbranched alkanes of at least 4 members (excludes halogenated alkanes) is 26. The van der Waals surface area contributed by atoms with Crippen LogP contribution in [0, 0.1) is 0 Å². The Morgan fingerprint density at radius 2 is 0.943 bits per heavy atom. The maximum absolute atomic E-state index is 12.9. The standard InChI is InChI=1S/C57H102O12S/c1-3-5-7-9-11-13-15-17-19-21-23-24-25-26-27-28-29-30-32-34-36-38-40-42-44-46-53(59)67-51(50-66-57-55(61)56(69-70(62,63)64)54(60)52(48-58)68-57)49-65-47-45-43-41-39-37-35-33-31-22-20-18-16-14-12-10-8-6-4-2/h12,14-15,17-18,20-21,23,25-26,51-52,54-58,60-61H,3-11,13,16,19,22,24,27-50H2,1-2H3,(H,62,63,64)/b14-12-,17-15-,20-18-,23-21-,26-25-. The van der Waals surface area contributed by atoms with E-state index >= 15 is 0 Å². The number of aliphatic hydroxyl groups excluding tert-OH is 3. The normalized spacial score (nSPS) is 19.5. The summed E-state index contributed by atoms with van der Waals surface area (Å²) in [4.78, 5) is 12.9. The van der Waals surface area contributed by atoms with Gasteiger partial charge in [-0.05, 0) is 83.5 Å². The van der Waals surface area contributed by atoms with Crippen molar-refractivity contribution >= 4 is 16.4 Å². The number of hydrogen-bond donors (Lipinski definition) is 4. The summed E-state index contributed by atoms with van der Waals surface area (Å²) in [5, 5.41) is 30.8. The van der Waals surface area contributed by atoms with Crippen molar-refractivity contribution in [1.29, 1.82) is 0 Å². The molecule has 13 heteroatoms. The first-order chi connectivity index (χ1) is 34.1. The van der Waals surface area contributed by atoms with Gasteiger partial charge in [0.1, 0.15) is 30.5 Å². The number of aliphatic hydroxyl groups is 3. The summed E-state index contributed by atoms with van der Waals surface area (Å²) < 4.78 is 59.4. The lowest BCUT2D eigenvalue weighted by Crippen LogP contribution is -2.60. The third-order valence-electron chi connectivity index (χ3n) is 12.6. The number of ether oxygens (including phenoxy) is 4. The van der Waals surface area contributed by atoms with Crippen molar-refractivity contribution in [3.05, 3.63) is 60.8 Å². The second-order valence-corrected chi connectivity index (χ2v) is 20.2. The van der Waals surface area contributed by atoms with Gasteiger partial charge in [0.15, 0.2) is 6.29 Å². The number of esters is 1. The summed E-state index contributed by atoms with van der Waals surface area (Å²) in [6, 6.07) is 0. The van der Waals surface area contributed by atoms with Crippen LogP contribution in [0.2, 0.25) is 0 Å². The van der Waals surface area contributed by atoms with Crippen LogP contribution in [0.1, 0.15) is 232 Å². The minimum Gasteiger partial charge on any atom is -0.457 e. The van der Waals surface area contributed by atoms with E-state index in [4.69, 9.17) is 18.9 Å². The van der Waals surface area contributed by atoms with Gasteiger partial charge >= 0.3 is 16.4 Å². The van der Waals surface area contributed by atoms with Gasteiger partial charge in [-0.2, -0.15) is 8.42 Å². The third kappa shape index (κ3) is 40.3. The second kappa shape index (κ2) is 47.8. The Morgan fingerprint density at radius 1 is 0.543 bits per heavy atom. The Balaban J connectivity index is 2.32. The fourth-order valence-electron chi connectivity index (χ4n) is 8.36. The molecule has 0 amide bonds. The van der Waals surface area contributed by atoms with E-state index in [1.54, 1.807) is 0 Å². The van der Waals surface area contributed by atoms with Crippen LogP contribution in [0.15, 0.2) is 60.8 Å². The molecule has 1 aliphatic heterocycles. The van der Waals surface area contributed by atoms with Gasteiger partial charge in [0, 0.05) is 13.0 Å². The Bertz CT molecular complexity index is 1450. The van der Waals surface area contributed by atoms with Crippen LogP contribution >= 0.6 is 0 Å². The first-order valence-corrected chi connectivity index (χ1v) is 29.4. The summed E-state index contributed by atoms with van der Waals surface area (Å²) in [5.74, 6) is -0.405. The van der Waals surface area contributed by atoms with E-state index in [1.165, 1.54) is 135 Å². The van der Waals surface area contributed by atoms with Gasteiger partial charge in [-0.3, -0.25) is 9.35 Å². The maximum atomic E-state index is 12.9. The van der Waals surface area contributed by atoms with Crippen molar-refractivity contribution in [2.75, 3.05) is 26.4 Å². The van der Waals surface area contributed by atoms with Crippen LogP contribution in [-0.4, -0.2) is 97.5 Å². The molecule has 70 heavy (non-hydrogen) atoms. The lowest BCUT2D eigenvalue weighted by atomic mass is 9.99. The van der Waals surface area contributed by atoms with Crippen LogP contribution in [0.4, 0.5) is 0 Å². The van der Waals surface area contributed by atoms with E-state index in [-0.39, 0.29) is 19.6 Å². The van der Waals surface area contributed by atoms with E-state index in [2.05, 4.69) is 78.8 Å². The molecule has 0 aromatic heterocycles. The average Bonchev–Trinajstić information content (AvgIpc) is 3.34. The molecule has 0 aromatic carbocycles. The monoisotopic (exact) mass is 1010 g/mol. The smallest absolute Gasteiger partial charge is 0.397 e. The van der Waals surface area contributed by atoms with Crippen molar-refractivity contribution in [2.24, 2.45) is 0 Å². The molecule has 6 unspecified atom stereocenters. The zero-order valence-electron chi connectivity index (χ0n) is 44.1. The van der Waals surface area contributed by atoms with Gasteiger partial charge in [-0.25, -0.2) is 4.18 Å². The highest BCUT2D eigenvalue weighted by Crippen LogP contribution is 2.26. The molecule has 1 aliphatic rings. The average molecular weight is 1010 g/mol. The van der Waals surface area contributed by atoms with E-state index < -0.39 is 59.8 Å². The summed E-state index contributed by atoms with van der Waals surface area (Å²) >= 11 is 0. The second-order valence-electron chi connectivity index (χ2n) is 19.2. The molecule has 408 valence electrons. The summed E-state index contributed by atoms with van der Waals surface area (Å²) in [5.41, 5.74) is 0. The highest BCUT2D eigenvalue weighted by atomic mass is 32.3. The number of carbonyl (C=O) groups excluding carboxylic acids is 1. The van der Waals surface area contributed by atoms with Gasteiger partial charge in [-0.15, -0.1) is 0 Å². The first-order valence-electron chi connectivity index (χ1n) is 28.0. The molecule has 1 saturated heterocycles. The molecule has 12 nitrogen and oxygen atoms in total. The minimum absolute atomic E-state index is 0.0290. The van der Waals surface area contributed by atoms with Crippen LogP contribution in [0.5, 0.6) is 0 Å². The predicted octanol–water partition coefficient (Wildman–Crippen LogP) is 13.6. The van der Waals surface area contributed by atoms with Gasteiger partial charge in [0.2, 0.25) is 0 Å². The number of hydrogen-bond acceptors (Lipinski definition) is 11. The van der Waals surface area contributed by atoms with E-state index in [1.807, 2.05) is 0 Å². The summed E-state index contributed by atoms with van der Waals surface area (Å²) in [7, 11) is -5.07. The molecule has 1 heterocycles.